The van der Waals surface area contributed by atoms with Gasteiger partial charge in [-0.25, -0.2) is 4.98 Å². The Morgan fingerprint density at radius 3 is 2.21 bits per heavy atom. The third kappa shape index (κ3) is 6.08. The van der Waals surface area contributed by atoms with Crippen LogP contribution >= 0.6 is 0 Å². The van der Waals surface area contributed by atoms with E-state index < -0.39 is 0 Å². The third-order valence-electron chi connectivity index (χ3n) is 3.47. The number of carbonyl (C=O) groups is 2. The highest BCUT2D eigenvalue weighted by Crippen LogP contribution is 2.17. The van der Waals surface area contributed by atoms with Crippen molar-refractivity contribution >= 4 is 29.0 Å². The first-order valence-electron chi connectivity index (χ1n) is 8.00. The number of nitrogens with two attached hydrogens (primary N) is 1. The third-order valence-corrected chi connectivity index (χ3v) is 3.47. The molecule has 1 aromatic carbocycles. The van der Waals surface area contributed by atoms with Crippen molar-refractivity contribution in [3.8, 4) is 0 Å². The van der Waals surface area contributed by atoms with Crippen LogP contribution in [0.1, 0.15) is 32.1 Å². The molecule has 0 saturated heterocycles. The molecule has 0 aliphatic heterocycles. The Morgan fingerprint density at radius 1 is 0.875 bits per heavy atom. The van der Waals surface area contributed by atoms with E-state index >= 15 is 0 Å². The summed E-state index contributed by atoms with van der Waals surface area (Å²) < 4.78 is 0. The molecule has 1 aromatic heterocycles. The summed E-state index contributed by atoms with van der Waals surface area (Å²) in [4.78, 5) is 27.6. The highest BCUT2D eigenvalue weighted by Gasteiger charge is 2.06. The van der Waals surface area contributed by atoms with Crippen LogP contribution in [-0.2, 0) is 9.59 Å². The van der Waals surface area contributed by atoms with Gasteiger partial charge in [-0.2, -0.15) is 0 Å². The molecule has 0 bridgehead atoms. The summed E-state index contributed by atoms with van der Waals surface area (Å²) >= 11 is 0. The lowest BCUT2D eigenvalue weighted by atomic mass is 10.1. The van der Waals surface area contributed by atoms with Gasteiger partial charge in [-0.1, -0.05) is 24.6 Å². The van der Waals surface area contributed by atoms with E-state index in [9.17, 15) is 9.59 Å². The van der Waals surface area contributed by atoms with Crippen molar-refractivity contribution in [1.29, 1.82) is 0 Å². The summed E-state index contributed by atoms with van der Waals surface area (Å²) in [5.74, 6) is 0.434. The van der Waals surface area contributed by atoms with Crippen LogP contribution in [0, 0.1) is 0 Å². The molecule has 0 aliphatic carbocycles. The van der Waals surface area contributed by atoms with Crippen molar-refractivity contribution in [2.75, 3.05) is 16.4 Å². The van der Waals surface area contributed by atoms with Gasteiger partial charge in [0.05, 0.1) is 11.4 Å². The molecule has 2 aromatic rings. The monoisotopic (exact) mass is 326 g/mol. The van der Waals surface area contributed by atoms with Crippen LogP contribution in [0.3, 0.4) is 0 Å². The van der Waals surface area contributed by atoms with Crippen LogP contribution in [0.25, 0.3) is 0 Å². The van der Waals surface area contributed by atoms with Crippen LogP contribution in [-0.4, -0.2) is 16.8 Å². The molecule has 0 atom stereocenters. The van der Waals surface area contributed by atoms with Crippen LogP contribution in [0.4, 0.5) is 17.2 Å². The number of hydrogen-bond acceptors (Lipinski definition) is 4. The normalized spacial score (nSPS) is 10.2. The Hall–Kier alpha value is -2.89. The van der Waals surface area contributed by atoms with Gasteiger partial charge in [-0.3, -0.25) is 9.59 Å². The molecule has 0 radical (unpaired) electrons. The van der Waals surface area contributed by atoms with Crippen molar-refractivity contribution in [2.24, 2.45) is 0 Å². The zero-order valence-electron chi connectivity index (χ0n) is 13.5. The molecule has 24 heavy (non-hydrogen) atoms. The first-order valence-corrected chi connectivity index (χ1v) is 8.00. The fraction of sp³-hybridized carbons (Fsp3) is 0.278. The van der Waals surface area contributed by atoms with Crippen LogP contribution in [0.2, 0.25) is 0 Å². The number of carbonyl (C=O) groups excluding carboxylic acids is 2. The van der Waals surface area contributed by atoms with Gasteiger partial charge in [0.1, 0.15) is 5.82 Å². The van der Waals surface area contributed by atoms with E-state index in [0.717, 1.165) is 19.3 Å². The average molecular weight is 326 g/mol. The Morgan fingerprint density at radius 2 is 1.54 bits per heavy atom. The van der Waals surface area contributed by atoms with Gasteiger partial charge in [0.2, 0.25) is 11.8 Å². The van der Waals surface area contributed by atoms with Crippen molar-refractivity contribution in [3.05, 3.63) is 48.7 Å². The van der Waals surface area contributed by atoms with E-state index in [-0.39, 0.29) is 11.8 Å². The van der Waals surface area contributed by atoms with Gasteiger partial charge in [0.25, 0.3) is 0 Å². The number of nitrogen functional groups attached to an aromatic ring is 1. The Kier molecular flexibility index (Phi) is 6.76. The fourth-order valence-corrected chi connectivity index (χ4v) is 2.21. The second-order valence-electron chi connectivity index (χ2n) is 5.46. The Bertz CT molecular complexity index is 674. The van der Waals surface area contributed by atoms with Crippen molar-refractivity contribution in [3.63, 3.8) is 0 Å². The molecule has 0 aliphatic rings. The first-order chi connectivity index (χ1) is 11.6. The maximum absolute atomic E-state index is 11.8. The quantitative estimate of drug-likeness (QED) is 0.512. The van der Waals surface area contributed by atoms with E-state index in [1.54, 1.807) is 30.5 Å². The zero-order chi connectivity index (χ0) is 17.2. The lowest BCUT2D eigenvalue weighted by molar-refractivity contribution is -0.116. The average Bonchev–Trinajstić information content (AvgIpc) is 2.57. The molecule has 0 saturated carbocycles. The molecule has 4 N–H and O–H groups in total. The number of pyridine rings is 1. The Labute approximate surface area is 141 Å². The van der Waals surface area contributed by atoms with Gasteiger partial charge in [-0.05, 0) is 37.1 Å². The van der Waals surface area contributed by atoms with E-state index in [1.807, 2.05) is 18.2 Å². The molecule has 0 spiro atoms. The lowest BCUT2D eigenvalue weighted by Gasteiger charge is -2.07. The highest BCUT2D eigenvalue weighted by atomic mass is 16.2. The summed E-state index contributed by atoms with van der Waals surface area (Å²) in [5, 5.41) is 5.53. The van der Waals surface area contributed by atoms with Crippen molar-refractivity contribution < 1.29 is 9.59 Å². The number of amides is 2. The summed E-state index contributed by atoms with van der Waals surface area (Å²) in [7, 11) is 0. The molecular weight excluding hydrogens is 304 g/mol. The fourth-order valence-electron chi connectivity index (χ4n) is 2.21. The SMILES string of the molecule is Nc1ccccc1NC(=O)CCCCCC(=O)Nc1ccccn1. The van der Waals surface area contributed by atoms with Gasteiger partial charge in [0.15, 0.2) is 0 Å². The largest absolute Gasteiger partial charge is 0.397 e. The summed E-state index contributed by atoms with van der Waals surface area (Å²) in [6.07, 6.45) is 4.75. The number of para-hydroxylation sites is 2. The topological polar surface area (TPSA) is 97.1 Å². The predicted octanol–water partition coefficient (Wildman–Crippen LogP) is 3.19. The van der Waals surface area contributed by atoms with E-state index in [1.165, 1.54) is 0 Å². The number of nitrogens with zero attached hydrogens (tertiary/aromatic N) is 1. The minimum absolute atomic E-state index is 0.0600. The number of aromatic nitrogens is 1. The standard InChI is InChI=1S/C18H22N4O2/c19-14-8-4-5-9-15(14)21-17(23)11-2-1-3-12-18(24)22-16-10-6-7-13-20-16/h4-10,13H,1-3,11-12,19H2,(H,21,23)(H,20,22,24). The Balaban J connectivity index is 1.58. The van der Waals surface area contributed by atoms with Gasteiger partial charge in [-0.15, -0.1) is 0 Å². The molecule has 2 amide bonds. The molecule has 2 rings (SSSR count). The predicted molar refractivity (Wildman–Crippen MR) is 95.4 cm³/mol. The first kappa shape index (κ1) is 17.5. The zero-order valence-corrected chi connectivity index (χ0v) is 13.5. The minimum Gasteiger partial charge on any atom is -0.397 e. The summed E-state index contributed by atoms with van der Waals surface area (Å²) in [6.45, 7) is 0. The number of hydrogen-bond donors (Lipinski definition) is 3. The maximum atomic E-state index is 11.8. The molecule has 0 unspecified atom stereocenters. The number of anilines is 3. The van der Waals surface area contributed by atoms with Crippen LogP contribution in [0.15, 0.2) is 48.7 Å². The molecule has 0 fully saturated rings. The van der Waals surface area contributed by atoms with Crippen LogP contribution < -0.4 is 16.4 Å². The highest BCUT2D eigenvalue weighted by molar-refractivity contribution is 5.93. The maximum Gasteiger partial charge on any atom is 0.225 e. The molecule has 6 heteroatoms. The van der Waals surface area contributed by atoms with Gasteiger partial charge in [0, 0.05) is 19.0 Å². The molecule has 1 heterocycles. The van der Waals surface area contributed by atoms with Gasteiger partial charge < -0.3 is 16.4 Å². The number of unbranched alkanes of at least 4 members (excludes halogenated alkanes) is 2. The van der Waals surface area contributed by atoms with Gasteiger partial charge >= 0.3 is 0 Å². The van der Waals surface area contributed by atoms with E-state index in [0.29, 0.717) is 30.0 Å². The number of nitrogens with one attached hydrogen (secondary N) is 2. The van der Waals surface area contributed by atoms with Crippen molar-refractivity contribution in [2.45, 2.75) is 32.1 Å². The second kappa shape index (κ2) is 9.29. The van der Waals surface area contributed by atoms with E-state index in [4.69, 9.17) is 5.73 Å². The lowest BCUT2D eigenvalue weighted by Crippen LogP contribution is -2.13. The minimum atomic E-state index is -0.0640. The number of rotatable bonds is 8. The molecule has 126 valence electrons. The molecule has 6 nitrogen and oxygen atoms in total. The van der Waals surface area contributed by atoms with Crippen LogP contribution in [0.5, 0.6) is 0 Å². The molecular formula is C18H22N4O2. The summed E-state index contributed by atoms with van der Waals surface area (Å²) in [5.41, 5.74) is 6.97. The second-order valence-corrected chi connectivity index (χ2v) is 5.46. The smallest absolute Gasteiger partial charge is 0.225 e. The van der Waals surface area contributed by atoms with E-state index in [2.05, 4.69) is 15.6 Å². The summed E-state index contributed by atoms with van der Waals surface area (Å²) in [6, 6.07) is 12.5. The van der Waals surface area contributed by atoms with Crippen molar-refractivity contribution in [1.82, 2.24) is 4.98 Å². The number of benzene rings is 1.